The number of allylic oxidation sites excluding steroid dienone is 1. The van der Waals surface area contributed by atoms with Crippen molar-refractivity contribution in [3.63, 3.8) is 0 Å². The first-order chi connectivity index (χ1) is 16.4. The molecule has 3 atom stereocenters. The Kier molecular flexibility index (Phi) is 7.17. The van der Waals surface area contributed by atoms with Crippen LogP contribution in [0.1, 0.15) is 51.5 Å². The second-order valence-electron chi connectivity index (χ2n) is 10.7. The Morgan fingerprint density at radius 3 is 2.31 bits per heavy atom. The van der Waals surface area contributed by atoms with Crippen molar-refractivity contribution in [3.05, 3.63) is 46.1 Å². The molecule has 3 aliphatic rings. The van der Waals surface area contributed by atoms with Crippen molar-refractivity contribution in [2.75, 3.05) is 33.2 Å². The molecule has 1 aromatic carbocycles. The summed E-state index contributed by atoms with van der Waals surface area (Å²) < 4.78 is 28.8. The quantitative estimate of drug-likeness (QED) is 0.412. The van der Waals surface area contributed by atoms with E-state index in [0.717, 1.165) is 18.4 Å². The number of amidine groups is 1. The molecule has 0 unspecified atom stereocenters. The molecule has 1 aliphatic carbocycles. The maximum atomic E-state index is 14.4. The first kappa shape index (κ1) is 25.9. The van der Waals surface area contributed by atoms with Gasteiger partial charge in [-0.25, -0.2) is 0 Å². The molecule has 2 fully saturated rings. The Morgan fingerprint density at radius 1 is 1.17 bits per heavy atom. The van der Waals surface area contributed by atoms with Crippen LogP contribution in [0.5, 0.6) is 0 Å². The third-order valence-electron chi connectivity index (χ3n) is 7.66. The van der Waals surface area contributed by atoms with E-state index in [1.807, 2.05) is 34.1 Å². The minimum absolute atomic E-state index is 0.0256. The van der Waals surface area contributed by atoms with Gasteiger partial charge in [-0.1, -0.05) is 30.7 Å². The third kappa shape index (κ3) is 5.19. The number of nitrogens with one attached hydrogen (secondary N) is 3. The number of piperazine rings is 1. The predicted molar refractivity (Wildman–Crippen MR) is 135 cm³/mol. The molecule has 0 saturated carbocycles. The number of amides is 1. The third-order valence-corrected chi connectivity index (χ3v) is 7.91. The van der Waals surface area contributed by atoms with Gasteiger partial charge in [0.25, 0.3) is 5.92 Å². The Labute approximate surface area is 211 Å². The van der Waals surface area contributed by atoms with Crippen LogP contribution in [0.2, 0.25) is 5.02 Å². The molecule has 6 nitrogen and oxygen atoms in total. The summed E-state index contributed by atoms with van der Waals surface area (Å²) in [4.78, 5) is 17.5. The average molecular weight is 508 g/mol. The summed E-state index contributed by atoms with van der Waals surface area (Å²) in [7, 11) is 1.49. The van der Waals surface area contributed by atoms with Crippen LogP contribution in [0.4, 0.5) is 8.78 Å². The number of carbonyl (C=O) groups is 1. The van der Waals surface area contributed by atoms with Gasteiger partial charge in [0.2, 0.25) is 5.91 Å². The van der Waals surface area contributed by atoms with Crippen LogP contribution in [-0.4, -0.2) is 72.3 Å². The van der Waals surface area contributed by atoms with E-state index >= 15 is 0 Å². The van der Waals surface area contributed by atoms with Gasteiger partial charge >= 0.3 is 0 Å². The second kappa shape index (κ2) is 9.69. The summed E-state index contributed by atoms with van der Waals surface area (Å²) in [6, 6.07) is 7.53. The van der Waals surface area contributed by atoms with E-state index in [9.17, 15) is 13.6 Å². The van der Waals surface area contributed by atoms with Crippen LogP contribution in [0.25, 0.3) is 0 Å². The van der Waals surface area contributed by atoms with Crippen molar-refractivity contribution in [1.29, 1.82) is 5.41 Å². The van der Waals surface area contributed by atoms with Crippen LogP contribution in [-0.2, 0) is 4.79 Å². The Morgan fingerprint density at radius 2 is 1.77 bits per heavy atom. The molecule has 4 rings (SSSR count). The molecule has 0 aromatic heterocycles. The van der Waals surface area contributed by atoms with Gasteiger partial charge in [0, 0.05) is 61.8 Å². The van der Waals surface area contributed by atoms with Crippen LogP contribution >= 0.6 is 11.6 Å². The normalized spacial score (nSPS) is 26.7. The smallest absolute Gasteiger partial charge is 0.288 e. The summed E-state index contributed by atoms with van der Waals surface area (Å²) in [5.74, 6) is -3.47. The highest BCUT2D eigenvalue weighted by Gasteiger charge is 2.47. The average Bonchev–Trinajstić information content (AvgIpc) is 3.28. The molecule has 0 spiro atoms. The molecule has 3 N–H and O–H groups in total. The van der Waals surface area contributed by atoms with Gasteiger partial charge in [0.15, 0.2) is 0 Å². The molecule has 2 heterocycles. The minimum atomic E-state index is -2.94. The van der Waals surface area contributed by atoms with E-state index in [2.05, 4.69) is 24.5 Å². The second-order valence-corrected chi connectivity index (χ2v) is 11.1. The van der Waals surface area contributed by atoms with E-state index in [4.69, 9.17) is 17.0 Å². The molecule has 192 valence electrons. The Bertz CT molecular complexity index is 1000. The maximum Gasteiger partial charge on any atom is 0.288 e. The maximum absolute atomic E-state index is 14.4. The first-order valence-electron chi connectivity index (χ1n) is 12.4. The Hall–Kier alpha value is -2.19. The van der Waals surface area contributed by atoms with Gasteiger partial charge in [-0.3, -0.25) is 10.2 Å². The van der Waals surface area contributed by atoms with E-state index in [-0.39, 0.29) is 41.4 Å². The largest absolute Gasteiger partial charge is 0.386 e. The monoisotopic (exact) mass is 507 g/mol. The molecule has 9 heteroatoms. The summed E-state index contributed by atoms with van der Waals surface area (Å²) in [6.07, 6.45) is 1.61. The van der Waals surface area contributed by atoms with Gasteiger partial charge in [0.05, 0.1) is 11.6 Å². The summed E-state index contributed by atoms with van der Waals surface area (Å²) in [5.41, 5.74) is 1.15. The van der Waals surface area contributed by atoms with Crippen molar-refractivity contribution in [3.8, 4) is 0 Å². The minimum Gasteiger partial charge on any atom is -0.386 e. The number of hydrogen-bond acceptors (Lipinski definition) is 4. The summed E-state index contributed by atoms with van der Waals surface area (Å²) in [6.45, 7) is 7.85. The molecule has 1 amide bonds. The highest BCUT2D eigenvalue weighted by molar-refractivity contribution is 6.30. The van der Waals surface area contributed by atoms with Crippen LogP contribution in [0, 0.1) is 11.3 Å². The number of nitrogens with zero attached hydrogens (tertiary/aromatic N) is 2. The fraction of sp³-hybridized carbons (Fsp3) is 0.615. The fourth-order valence-electron chi connectivity index (χ4n) is 5.85. The van der Waals surface area contributed by atoms with Crippen LogP contribution in [0.15, 0.2) is 35.5 Å². The van der Waals surface area contributed by atoms with Crippen LogP contribution < -0.4 is 10.6 Å². The van der Waals surface area contributed by atoms with Gasteiger partial charge in [0.1, 0.15) is 5.84 Å². The lowest BCUT2D eigenvalue weighted by Crippen LogP contribution is -2.54. The lowest BCUT2D eigenvalue weighted by atomic mass is 9.88. The zero-order chi connectivity index (χ0) is 25.5. The van der Waals surface area contributed by atoms with Crippen LogP contribution in [0.3, 0.4) is 0 Å². The topological polar surface area (TPSA) is 71.5 Å². The zero-order valence-electron chi connectivity index (χ0n) is 20.9. The number of carbonyl (C=O) groups excluding carboxylic acids is 1. The highest BCUT2D eigenvalue weighted by Crippen LogP contribution is 2.43. The molecule has 0 radical (unpaired) electrons. The van der Waals surface area contributed by atoms with Crippen molar-refractivity contribution in [2.45, 2.75) is 63.5 Å². The molecule has 1 aromatic rings. The number of benzene rings is 1. The Balaban J connectivity index is 1.49. The number of alkyl halides is 2. The number of rotatable bonds is 5. The fourth-order valence-corrected chi connectivity index (χ4v) is 5.97. The van der Waals surface area contributed by atoms with Crippen molar-refractivity contribution in [1.82, 2.24) is 20.4 Å². The van der Waals surface area contributed by atoms with Gasteiger partial charge in [-0.05, 0) is 50.3 Å². The molecular formula is C26H36ClF2N5O. The van der Waals surface area contributed by atoms with Crippen molar-refractivity contribution in [2.24, 2.45) is 5.92 Å². The first-order valence-corrected chi connectivity index (χ1v) is 12.8. The van der Waals surface area contributed by atoms with E-state index in [1.54, 1.807) is 6.92 Å². The van der Waals surface area contributed by atoms with Gasteiger partial charge in [-0.2, -0.15) is 8.78 Å². The molecular weight excluding hydrogens is 472 g/mol. The molecule has 35 heavy (non-hydrogen) atoms. The zero-order valence-corrected chi connectivity index (χ0v) is 21.7. The predicted octanol–water partition coefficient (Wildman–Crippen LogP) is 4.22. The van der Waals surface area contributed by atoms with E-state index in [1.165, 1.54) is 7.05 Å². The van der Waals surface area contributed by atoms with Crippen molar-refractivity contribution < 1.29 is 13.6 Å². The molecule has 2 aliphatic heterocycles. The molecule has 0 bridgehead atoms. The lowest BCUT2D eigenvalue weighted by molar-refractivity contribution is -0.134. The molecule has 2 saturated heterocycles. The SMILES string of the molecule is CNC1=C(C(=N)N2CCN(C(=O)[C@@H](c3ccc(Cl)cc3)[C@@H]3CCC(C)(C)N3)CC2)[C@H](C)CC1(F)F. The summed E-state index contributed by atoms with van der Waals surface area (Å²) >= 11 is 6.11. The van der Waals surface area contributed by atoms with Gasteiger partial charge < -0.3 is 20.4 Å². The number of hydrogen-bond donors (Lipinski definition) is 3. The van der Waals surface area contributed by atoms with E-state index < -0.39 is 11.8 Å². The number of halogens is 3. The standard InChI is InChI=1S/C26H36ClF2N5O/c1-16-15-26(28,29)22(31-4)20(16)23(30)33-11-13-34(14-12-33)24(35)21(17-5-7-18(27)8-6-17)19-9-10-25(2,3)32-19/h5-8,16,19,21,30-32H,9-15H2,1-4H3/t16-,19+,21+/m1/s1. The van der Waals surface area contributed by atoms with E-state index in [0.29, 0.717) is 36.8 Å². The lowest BCUT2D eigenvalue weighted by Gasteiger charge is -2.39. The summed E-state index contributed by atoms with van der Waals surface area (Å²) in [5, 5.41) is 15.6. The highest BCUT2D eigenvalue weighted by atomic mass is 35.5. The van der Waals surface area contributed by atoms with Crippen molar-refractivity contribution >= 4 is 23.3 Å². The van der Waals surface area contributed by atoms with Gasteiger partial charge in [-0.15, -0.1) is 0 Å².